The lowest BCUT2D eigenvalue weighted by atomic mass is 10.1. The number of hydrogen-bond acceptors (Lipinski definition) is 4. The topological polar surface area (TPSA) is 63.8 Å². The molecule has 0 saturated carbocycles. The Morgan fingerprint density at radius 1 is 1.22 bits per heavy atom. The van der Waals surface area contributed by atoms with Crippen LogP contribution in [0.4, 0.5) is 10.2 Å². The van der Waals surface area contributed by atoms with Crippen molar-refractivity contribution in [2.24, 2.45) is 5.73 Å². The van der Waals surface area contributed by atoms with Crippen LogP contribution in [0.25, 0.3) is 0 Å². The molecule has 0 bridgehead atoms. The largest absolute Gasteiger partial charge is 0.363 e. The molecule has 1 aromatic heterocycles. The summed E-state index contributed by atoms with van der Waals surface area (Å²) in [5, 5.41) is 2.96. The molecule has 0 unspecified atom stereocenters. The van der Waals surface area contributed by atoms with E-state index in [-0.39, 0.29) is 5.82 Å². The van der Waals surface area contributed by atoms with Crippen molar-refractivity contribution in [1.82, 2.24) is 9.97 Å². The fourth-order valence-corrected chi connectivity index (χ4v) is 1.69. The highest BCUT2D eigenvalue weighted by Gasteiger charge is 2.07. The van der Waals surface area contributed by atoms with E-state index in [0.29, 0.717) is 18.8 Å². The number of rotatable bonds is 4. The quantitative estimate of drug-likeness (QED) is 0.866. The zero-order valence-corrected chi connectivity index (χ0v) is 10.2. The SMILES string of the molecule is Cc1ncnc(NCc2ccccc2CN)c1F. The van der Waals surface area contributed by atoms with E-state index in [9.17, 15) is 4.39 Å². The molecule has 18 heavy (non-hydrogen) atoms. The molecule has 4 nitrogen and oxygen atoms in total. The first-order valence-corrected chi connectivity index (χ1v) is 5.70. The molecule has 0 fully saturated rings. The molecule has 0 aliphatic rings. The molecule has 0 saturated heterocycles. The molecule has 2 rings (SSSR count). The summed E-state index contributed by atoms with van der Waals surface area (Å²) in [7, 11) is 0. The molecule has 0 atom stereocenters. The van der Waals surface area contributed by atoms with Crippen LogP contribution in [0.3, 0.4) is 0 Å². The monoisotopic (exact) mass is 246 g/mol. The van der Waals surface area contributed by atoms with Crippen LogP contribution in [0.2, 0.25) is 0 Å². The van der Waals surface area contributed by atoms with Crippen LogP contribution in [0, 0.1) is 12.7 Å². The predicted molar refractivity (Wildman–Crippen MR) is 68.4 cm³/mol. The van der Waals surface area contributed by atoms with Crippen molar-refractivity contribution < 1.29 is 4.39 Å². The summed E-state index contributed by atoms with van der Waals surface area (Å²) in [6, 6.07) is 7.78. The summed E-state index contributed by atoms with van der Waals surface area (Å²) in [6.45, 7) is 2.56. The highest BCUT2D eigenvalue weighted by molar-refractivity contribution is 5.39. The molecule has 0 aliphatic heterocycles. The number of nitrogens with zero attached hydrogens (tertiary/aromatic N) is 2. The first-order valence-electron chi connectivity index (χ1n) is 5.70. The van der Waals surface area contributed by atoms with Crippen LogP contribution in [-0.2, 0) is 13.1 Å². The molecule has 0 aliphatic carbocycles. The molecule has 3 N–H and O–H groups in total. The zero-order valence-electron chi connectivity index (χ0n) is 10.2. The average Bonchev–Trinajstić information content (AvgIpc) is 2.41. The van der Waals surface area contributed by atoms with Crippen molar-refractivity contribution in [3.8, 4) is 0 Å². The van der Waals surface area contributed by atoms with Crippen molar-refractivity contribution in [3.63, 3.8) is 0 Å². The van der Waals surface area contributed by atoms with Crippen LogP contribution >= 0.6 is 0 Å². The molecular weight excluding hydrogens is 231 g/mol. The third-order valence-corrected chi connectivity index (χ3v) is 2.75. The van der Waals surface area contributed by atoms with E-state index in [1.54, 1.807) is 6.92 Å². The van der Waals surface area contributed by atoms with Gasteiger partial charge in [0.05, 0.1) is 5.69 Å². The van der Waals surface area contributed by atoms with Crippen LogP contribution < -0.4 is 11.1 Å². The molecule has 2 aromatic rings. The fourth-order valence-electron chi connectivity index (χ4n) is 1.69. The van der Waals surface area contributed by atoms with Gasteiger partial charge in [-0.05, 0) is 18.1 Å². The van der Waals surface area contributed by atoms with Gasteiger partial charge >= 0.3 is 0 Å². The average molecular weight is 246 g/mol. The lowest BCUT2D eigenvalue weighted by Gasteiger charge is -2.10. The smallest absolute Gasteiger partial charge is 0.186 e. The third-order valence-electron chi connectivity index (χ3n) is 2.75. The molecule has 94 valence electrons. The Labute approximate surface area is 105 Å². The van der Waals surface area contributed by atoms with Gasteiger partial charge in [-0.2, -0.15) is 0 Å². The number of nitrogens with one attached hydrogen (secondary N) is 1. The lowest BCUT2D eigenvalue weighted by molar-refractivity contribution is 0.604. The number of aromatic nitrogens is 2. The van der Waals surface area contributed by atoms with E-state index in [1.165, 1.54) is 6.33 Å². The minimum atomic E-state index is -0.414. The Kier molecular flexibility index (Phi) is 3.84. The molecule has 1 aromatic carbocycles. The van der Waals surface area contributed by atoms with Gasteiger partial charge in [-0.3, -0.25) is 0 Å². The Bertz CT molecular complexity index is 542. The van der Waals surface area contributed by atoms with Gasteiger partial charge in [-0.25, -0.2) is 14.4 Å². The zero-order chi connectivity index (χ0) is 13.0. The molecular formula is C13H15FN4. The number of nitrogens with two attached hydrogens (primary N) is 1. The van der Waals surface area contributed by atoms with Gasteiger partial charge in [0.25, 0.3) is 0 Å². The minimum absolute atomic E-state index is 0.217. The number of aryl methyl sites for hydroxylation is 1. The summed E-state index contributed by atoms with van der Waals surface area (Å²) < 4.78 is 13.7. The van der Waals surface area contributed by atoms with Gasteiger partial charge in [-0.1, -0.05) is 24.3 Å². The second-order valence-corrected chi connectivity index (χ2v) is 3.95. The van der Waals surface area contributed by atoms with E-state index in [2.05, 4.69) is 15.3 Å². The summed E-state index contributed by atoms with van der Waals surface area (Å²) in [6.07, 6.45) is 1.34. The summed E-state index contributed by atoms with van der Waals surface area (Å²) >= 11 is 0. The molecule has 1 heterocycles. The van der Waals surface area contributed by atoms with Gasteiger partial charge < -0.3 is 11.1 Å². The fraction of sp³-hybridized carbons (Fsp3) is 0.231. The van der Waals surface area contributed by atoms with Crippen molar-refractivity contribution in [2.75, 3.05) is 5.32 Å². The number of hydrogen-bond donors (Lipinski definition) is 2. The van der Waals surface area contributed by atoms with Gasteiger partial charge in [0.2, 0.25) is 0 Å². The Morgan fingerprint density at radius 3 is 2.67 bits per heavy atom. The third kappa shape index (κ3) is 2.62. The van der Waals surface area contributed by atoms with Crippen molar-refractivity contribution >= 4 is 5.82 Å². The normalized spacial score (nSPS) is 10.4. The number of anilines is 1. The van der Waals surface area contributed by atoms with Crippen LogP contribution in [0.15, 0.2) is 30.6 Å². The molecule has 0 amide bonds. The first kappa shape index (κ1) is 12.4. The number of halogens is 1. The minimum Gasteiger partial charge on any atom is -0.363 e. The Hall–Kier alpha value is -2.01. The highest BCUT2D eigenvalue weighted by Crippen LogP contribution is 2.14. The predicted octanol–water partition coefficient (Wildman–Crippen LogP) is 1.99. The van der Waals surface area contributed by atoms with E-state index in [4.69, 9.17) is 5.73 Å². The maximum Gasteiger partial charge on any atom is 0.186 e. The molecule has 5 heteroatoms. The van der Waals surface area contributed by atoms with E-state index < -0.39 is 5.82 Å². The Balaban J connectivity index is 2.14. The maximum atomic E-state index is 13.7. The van der Waals surface area contributed by atoms with Gasteiger partial charge in [0.1, 0.15) is 6.33 Å². The van der Waals surface area contributed by atoms with Gasteiger partial charge in [0.15, 0.2) is 11.6 Å². The first-order chi connectivity index (χ1) is 8.72. The molecule has 0 radical (unpaired) electrons. The van der Waals surface area contributed by atoms with Gasteiger partial charge in [-0.15, -0.1) is 0 Å². The van der Waals surface area contributed by atoms with Crippen molar-refractivity contribution in [1.29, 1.82) is 0 Å². The second kappa shape index (κ2) is 5.55. The lowest BCUT2D eigenvalue weighted by Crippen LogP contribution is -2.09. The summed E-state index contributed by atoms with van der Waals surface area (Å²) in [4.78, 5) is 7.66. The van der Waals surface area contributed by atoms with E-state index in [1.807, 2.05) is 24.3 Å². The molecule has 0 spiro atoms. The van der Waals surface area contributed by atoms with Crippen LogP contribution in [0.5, 0.6) is 0 Å². The van der Waals surface area contributed by atoms with Gasteiger partial charge in [0, 0.05) is 13.1 Å². The van der Waals surface area contributed by atoms with E-state index in [0.717, 1.165) is 11.1 Å². The maximum absolute atomic E-state index is 13.7. The highest BCUT2D eigenvalue weighted by atomic mass is 19.1. The summed E-state index contributed by atoms with van der Waals surface area (Å²) in [5.41, 5.74) is 8.05. The van der Waals surface area contributed by atoms with Crippen LogP contribution in [-0.4, -0.2) is 9.97 Å². The Morgan fingerprint density at radius 2 is 1.94 bits per heavy atom. The van der Waals surface area contributed by atoms with Crippen molar-refractivity contribution in [3.05, 3.63) is 53.2 Å². The number of benzene rings is 1. The van der Waals surface area contributed by atoms with Crippen LogP contribution in [0.1, 0.15) is 16.8 Å². The summed E-state index contributed by atoms with van der Waals surface area (Å²) in [5.74, 6) is -0.197. The van der Waals surface area contributed by atoms with E-state index >= 15 is 0 Å². The standard InChI is InChI=1S/C13H15FN4/c1-9-12(14)13(18-8-17-9)16-7-11-5-3-2-4-10(11)6-15/h2-5,8H,6-7,15H2,1H3,(H,16,17,18). The second-order valence-electron chi connectivity index (χ2n) is 3.95. The van der Waals surface area contributed by atoms with Crippen molar-refractivity contribution in [2.45, 2.75) is 20.0 Å².